The number of thiophene rings is 1. The van der Waals surface area contributed by atoms with E-state index in [-0.39, 0.29) is 10.8 Å². The van der Waals surface area contributed by atoms with Crippen molar-refractivity contribution < 1.29 is 4.21 Å². The van der Waals surface area contributed by atoms with E-state index in [0.717, 1.165) is 11.3 Å². The summed E-state index contributed by atoms with van der Waals surface area (Å²) in [6, 6.07) is 1.96. The molecule has 0 spiro atoms. The van der Waals surface area contributed by atoms with Crippen molar-refractivity contribution in [2.75, 3.05) is 0 Å². The lowest BCUT2D eigenvalue weighted by atomic mass is 10.0. The van der Waals surface area contributed by atoms with Crippen LogP contribution in [0.15, 0.2) is 11.4 Å². The summed E-state index contributed by atoms with van der Waals surface area (Å²) in [5.41, 5.74) is 0.664. The molecule has 0 aliphatic heterocycles. The maximum absolute atomic E-state index is 12.3. The van der Waals surface area contributed by atoms with E-state index >= 15 is 0 Å². The minimum atomic E-state index is -1.10. The van der Waals surface area contributed by atoms with Crippen LogP contribution in [0, 0.1) is 12.5 Å². The average Bonchev–Trinajstić information content (AvgIpc) is 2.74. The molecule has 1 heterocycles. The first kappa shape index (κ1) is 16.4. The molecule has 0 aliphatic rings. The molecule has 1 aromatic rings. The molecule has 0 unspecified atom stereocenters. The highest BCUT2D eigenvalue weighted by Crippen LogP contribution is 2.31. The van der Waals surface area contributed by atoms with Gasteiger partial charge in [-0.1, -0.05) is 13.8 Å². The summed E-state index contributed by atoms with van der Waals surface area (Å²) >= 11 is 1.57. The third kappa shape index (κ3) is 5.06. The normalized spacial score (nSPS) is 15.2. The van der Waals surface area contributed by atoms with Gasteiger partial charge in [-0.2, -0.15) is 11.3 Å². The molecule has 0 radical (unpaired) electrons. The second-order valence-corrected chi connectivity index (χ2v) is 8.94. The van der Waals surface area contributed by atoms with Gasteiger partial charge in [-0.05, 0) is 44.6 Å². The first-order valence-electron chi connectivity index (χ1n) is 6.38. The van der Waals surface area contributed by atoms with E-state index in [1.165, 1.54) is 0 Å². The number of nitrogens with zero attached hydrogens (tertiary/aromatic N) is 1. The molecular weight excluding hydrogens is 276 g/mol. The lowest BCUT2D eigenvalue weighted by Gasteiger charge is -2.24. The van der Waals surface area contributed by atoms with Crippen LogP contribution in [-0.4, -0.2) is 8.96 Å². The second-order valence-electron chi connectivity index (χ2n) is 6.00. The maximum Gasteiger partial charge on any atom is 0.198 e. The summed E-state index contributed by atoms with van der Waals surface area (Å²) in [5, 5.41) is 1.86. The minimum absolute atomic E-state index is 0.0561. The average molecular weight is 298 g/mol. The molecule has 0 saturated carbocycles. The number of nitrogens with one attached hydrogen (secondary N) is 1. The zero-order chi connectivity index (χ0) is 14.6. The lowest BCUT2D eigenvalue weighted by molar-refractivity contribution is 0.485. The molecule has 0 amide bonds. The van der Waals surface area contributed by atoms with Crippen LogP contribution in [0.4, 0.5) is 5.69 Å². The van der Waals surface area contributed by atoms with Gasteiger partial charge in [-0.25, -0.2) is 13.8 Å². The Morgan fingerprint density at radius 1 is 1.47 bits per heavy atom. The SMILES string of the molecule is [C-]#[N+]c1csc([C@@H](CC(C)C)N[S@@](=O)C(C)(C)C)c1. The summed E-state index contributed by atoms with van der Waals surface area (Å²) in [4.78, 5) is 4.53. The Kier molecular flexibility index (Phi) is 5.72. The molecule has 1 N–H and O–H groups in total. The van der Waals surface area contributed by atoms with Gasteiger partial charge in [0.05, 0.1) is 28.3 Å². The van der Waals surface area contributed by atoms with Gasteiger partial charge in [0.25, 0.3) is 0 Å². The van der Waals surface area contributed by atoms with Gasteiger partial charge in [-0.3, -0.25) is 0 Å². The van der Waals surface area contributed by atoms with Crippen molar-refractivity contribution in [1.29, 1.82) is 0 Å². The predicted octanol–water partition coefficient (Wildman–Crippen LogP) is 4.44. The van der Waals surface area contributed by atoms with Crippen LogP contribution >= 0.6 is 11.3 Å². The van der Waals surface area contributed by atoms with Gasteiger partial charge >= 0.3 is 0 Å². The Balaban J connectivity index is 2.90. The van der Waals surface area contributed by atoms with Crippen molar-refractivity contribution in [3.8, 4) is 0 Å². The minimum Gasteiger partial charge on any atom is -0.242 e. The van der Waals surface area contributed by atoms with Gasteiger partial charge in [0.2, 0.25) is 0 Å². The van der Waals surface area contributed by atoms with Crippen LogP contribution in [0.5, 0.6) is 0 Å². The predicted molar refractivity (Wildman–Crippen MR) is 83.8 cm³/mol. The van der Waals surface area contributed by atoms with Crippen LogP contribution in [0.1, 0.15) is 52.0 Å². The van der Waals surface area contributed by atoms with Crippen molar-refractivity contribution >= 4 is 28.0 Å². The summed E-state index contributed by atoms with van der Waals surface area (Å²) in [7, 11) is -1.10. The smallest absolute Gasteiger partial charge is 0.198 e. The van der Waals surface area contributed by atoms with Crippen molar-refractivity contribution in [1.82, 2.24) is 4.72 Å². The van der Waals surface area contributed by atoms with E-state index in [0.29, 0.717) is 11.6 Å². The standard InChI is InChI=1S/C14H22N2OS2/c1-10(2)7-12(16-19(17)14(3,4)5)13-8-11(15-6)9-18-13/h8-10,12,16H,7H2,1-5H3/t12-,19+/m1/s1. The third-order valence-corrected chi connectivity index (χ3v) is 5.24. The number of hydrogen-bond acceptors (Lipinski definition) is 2. The molecule has 0 bridgehead atoms. The Labute approximate surface area is 122 Å². The molecule has 0 aromatic carbocycles. The van der Waals surface area contributed by atoms with Crippen molar-refractivity contribution in [2.45, 2.75) is 51.8 Å². The highest BCUT2D eigenvalue weighted by atomic mass is 32.2. The highest BCUT2D eigenvalue weighted by molar-refractivity contribution is 7.84. The van der Waals surface area contributed by atoms with E-state index < -0.39 is 11.0 Å². The molecule has 1 aromatic heterocycles. The number of rotatable bonds is 5. The maximum atomic E-state index is 12.3. The van der Waals surface area contributed by atoms with Crippen molar-refractivity contribution in [3.05, 3.63) is 27.7 Å². The summed E-state index contributed by atoms with van der Waals surface area (Å²) in [5.74, 6) is 0.507. The van der Waals surface area contributed by atoms with Crippen LogP contribution in [-0.2, 0) is 11.0 Å². The Morgan fingerprint density at radius 2 is 2.11 bits per heavy atom. The molecule has 0 aliphatic carbocycles. The molecule has 19 heavy (non-hydrogen) atoms. The van der Waals surface area contributed by atoms with Gasteiger partial charge < -0.3 is 0 Å². The van der Waals surface area contributed by atoms with Crippen molar-refractivity contribution in [2.24, 2.45) is 5.92 Å². The monoisotopic (exact) mass is 298 g/mol. The molecular formula is C14H22N2OS2. The summed E-state index contributed by atoms with van der Waals surface area (Å²) in [6.07, 6.45) is 0.916. The molecule has 3 nitrogen and oxygen atoms in total. The van der Waals surface area contributed by atoms with E-state index in [1.807, 2.05) is 32.2 Å². The van der Waals surface area contributed by atoms with Gasteiger partial charge in [0.15, 0.2) is 5.69 Å². The van der Waals surface area contributed by atoms with E-state index in [2.05, 4.69) is 23.4 Å². The molecule has 0 saturated heterocycles. The Morgan fingerprint density at radius 3 is 2.53 bits per heavy atom. The lowest BCUT2D eigenvalue weighted by Crippen LogP contribution is -2.36. The third-order valence-electron chi connectivity index (χ3n) is 2.59. The van der Waals surface area contributed by atoms with Crippen molar-refractivity contribution in [3.63, 3.8) is 0 Å². The fourth-order valence-corrected chi connectivity index (χ4v) is 3.38. The molecule has 1 rings (SSSR count). The van der Waals surface area contributed by atoms with Crippen LogP contribution in [0.25, 0.3) is 4.85 Å². The zero-order valence-electron chi connectivity index (χ0n) is 12.2. The zero-order valence-corrected chi connectivity index (χ0v) is 13.8. The number of hydrogen-bond donors (Lipinski definition) is 1. The largest absolute Gasteiger partial charge is 0.242 e. The van der Waals surface area contributed by atoms with Gasteiger partial charge in [-0.15, -0.1) is 0 Å². The highest BCUT2D eigenvalue weighted by Gasteiger charge is 2.24. The molecule has 106 valence electrons. The summed E-state index contributed by atoms with van der Waals surface area (Å²) < 4.78 is 15.2. The van der Waals surface area contributed by atoms with E-state index in [1.54, 1.807) is 11.3 Å². The molecule has 2 atom stereocenters. The van der Waals surface area contributed by atoms with E-state index in [4.69, 9.17) is 6.57 Å². The fourth-order valence-electron chi connectivity index (χ4n) is 1.58. The van der Waals surface area contributed by atoms with Gasteiger partial charge in [0.1, 0.15) is 0 Å². The van der Waals surface area contributed by atoms with Crippen LogP contribution < -0.4 is 4.72 Å². The fraction of sp³-hybridized carbons (Fsp3) is 0.643. The quantitative estimate of drug-likeness (QED) is 0.801. The first-order chi connectivity index (χ1) is 8.74. The van der Waals surface area contributed by atoms with Crippen LogP contribution in [0.3, 0.4) is 0 Å². The summed E-state index contributed by atoms with van der Waals surface area (Å²) in [6.45, 7) is 17.2. The molecule has 5 heteroatoms. The topological polar surface area (TPSA) is 33.5 Å². The first-order valence-corrected chi connectivity index (χ1v) is 8.41. The van der Waals surface area contributed by atoms with E-state index in [9.17, 15) is 4.21 Å². The Hall–Kier alpha value is -0.700. The molecule has 0 fully saturated rings. The van der Waals surface area contributed by atoms with Crippen LogP contribution in [0.2, 0.25) is 0 Å². The van der Waals surface area contributed by atoms with Gasteiger partial charge in [0, 0.05) is 4.88 Å². The Bertz CT molecular complexity index is 480. The second kappa shape index (κ2) is 6.65.